The maximum absolute atomic E-state index is 12.6. The molecule has 1 heterocycles. The minimum atomic E-state index is -0.269. The maximum Gasteiger partial charge on any atom is 0.257 e. The summed E-state index contributed by atoms with van der Waals surface area (Å²) in [6, 6.07) is 15.3. The van der Waals surface area contributed by atoms with Gasteiger partial charge in [-0.2, -0.15) is 0 Å². The highest BCUT2D eigenvalue weighted by Crippen LogP contribution is 2.29. The molecule has 2 N–H and O–H groups in total. The van der Waals surface area contributed by atoms with Gasteiger partial charge in [-0.1, -0.05) is 29.8 Å². The number of nitrogens with one attached hydrogen (secondary N) is 2. The van der Waals surface area contributed by atoms with E-state index in [0.29, 0.717) is 29.3 Å². The van der Waals surface area contributed by atoms with E-state index in [-0.39, 0.29) is 5.91 Å². The average Bonchev–Trinajstić information content (AvgIpc) is 2.73. The van der Waals surface area contributed by atoms with Crippen molar-refractivity contribution in [1.82, 2.24) is 4.98 Å². The number of hydrogen-bond acceptors (Lipinski definition) is 5. The molecule has 0 spiro atoms. The Labute approximate surface area is 164 Å². The molecule has 0 saturated heterocycles. The molecule has 0 atom stereocenters. The Hall–Kier alpha value is -3.54. The van der Waals surface area contributed by atoms with Crippen molar-refractivity contribution in [2.45, 2.75) is 13.5 Å². The number of carbonyl (C=O) groups is 1. The number of amides is 1. The van der Waals surface area contributed by atoms with Gasteiger partial charge in [0.05, 0.1) is 31.2 Å². The van der Waals surface area contributed by atoms with Gasteiger partial charge in [0.1, 0.15) is 11.5 Å². The monoisotopic (exact) mass is 377 g/mol. The minimum Gasteiger partial charge on any atom is -0.497 e. The van der Waals surface area contributed by atoms with Crippen LogP contribution in [-0.2, 0) is 6.54 Å². The summed E-state index contributed by atoms with van der Waals surface area (Å²) in [4.78, 5) is 16.8. The van der Waals surface area contributed by atoms with Gasteiger partial charge >= 0.3 is 0 Å². The van der Waals surface area contributed by atoms with Crippen LogP contribution in [0.2, 0.25) is 0 Å². The lowest BCUT2D eigenvalue weighted by atomic mass is 10.1. The summed E-state index contributed by atoms with van der Waals surface area (Å²) in [6.45, 7) is 2.71. The second-order valence-corrected chi connectivity index (χ2v) is 6.32. The molecule has 0 aliphatic heterocycles. The zero-order valence-corrected chi connectivity index (χ0v) is 16.2. The minimum absolute atomic E-state index is 0.269. The van der Waals surface area contributed by atoms with E-state index in [9.17, 15) is 4.79 Å². The molecule has 0 unspecified atom stereocenters. The van der Waals surface area contributed by atoms with Crippen molar-refractivity contribution < 1.29 is 14.3 Å². The first-order valence-corrected chi connectivity index (χ1v) is 8.87. The molecular formula is C22H23N3O3. The topological polar surface area (TPSA) is 72.5 Å². The van der Waals surface area contributed by atoms with Crippen molar-refractivity contribution in [3.63, 3.8) is 0 Å². The van der Waals surface area contributed by atoms with Gasteiger partial charge in [-0.15, -0.1) is 0 Å². The average molecular weight is 377 g/mol. The lowest BCUT2D eigenvalue weighted by Crippen LogP contribution is -2.13. The van der Waals surface area contributed by atoms with Crippen LogP contribution in [0.4, 0.5) is 11.4 Å². The second kappa shape index (κ2) is 8.90. The molecule has 1 amide bonds. The molecule has 6 nitrogen and oxygen atoms in total. The quantitative estimate of drug-likeness (QED) is 0.643. The maximum atomic E-state index is 12.6. The lowest BCUT2D eigenvalue weighted by Gasteiger charge is -2.12. The predicted octanol–water partition coefficient (Wildman–Crippen LogP) is 4.27. The largest absolute Gasteiger partial charge is 0.497 e. The van der Waals surface area contributed by atoms with E-state index in [1.54, 1.807) is 44.7 Å². The van der Waals surface area contributed by atoms with E-state index >= 15 is 0 Å². The second-order valence-electron chi connectivity index (χ2n) is 6.32. The van der Waals surface area contributed by atoms with Gasteiger partial charge in [0.2, 0.25) is 0 Å². The van der Waals surface area contributed by atoms with Crippen molar-refractivity contribution in [3.8, 4) is 11.5 Å². The fraction of sp³-hybridized carbons (Fsp3) is 0.182. The van der Waals surface area contributed by atoms with Gasteiger partial charge in [-0.3, -0.25) is 9.78 Å². The molecule has 0 bridgehead atoms. The number of hydrogen-bond donors (Lipinski definition) is 2. The van der Waals surface area contributed by atoms with Crippen molar-refractivity contribution in [2.24, 2.45) is 0 Å². The van der Waals surface area contributed by atoms with Crippen molar-refractivity contribution in [2.75, 3.05) is 24.9 Å². The molecule has 0 fully saturated rings. The van der Waals surface area contributed by atoms with Crippen LogP contribution in [0.25, 0.3) is 0 Å². The number of ether oxygens (including phenoxy) is 2. The molecule has 0 saturated carbocycles. The third kappa shape index (κ3) is 4.79. The molecule has 144 valence electrons. The number of pyridine rings is 1. The molecule has 3 aromatic rings. The zero-order valence-electron chi connectivity index (χ0n) is 16.2. The lowest BCUT2D eigenvalue weighted by molar-refractivity contribution is 0.102. The van der Waals surface area contributed by atoms with Crippen LogP contribution < -0.4 is 20.1 Å². The van der Waals surface area contributed by atoms with E-state index in [0.717, 1.165) is 11.3 Å². The molecule has 28 heavy (non-hydrogen) atoms. The van der Waals surface area contributed by atoms with Crippen molar-refractivity contribution >= 4 is 17.3 Å². The fourth-order valence-electron chi connectivity index (χ4n) is 2.67. The number of nitrogens with zero attached hydrogens (tertiary/aromatic N) is 1. The summed E-state index contributed by atoms with van der Waals surface area (Å²) < 4.78 is 10.5. The van der Waals surface area contributed by atoms with E-state index in [1.165, 1.54) is 11.8 Å². The summed E-state index contributed by atoms with van der Waals surface area (Å²) in [5.74, 6) is 0.906. The van der Waals surface area contributed by atoms with Gasteiger partial charge in [0, 0.05) is 25.0 Å². The first-order chi connectivity index (χ1) is 13.6. The van der Waals surface area contributed by atoms with Crippen LogP contribution in [0.1, 0.15) is 21.5 Å². The summed E-state index contributed by atoms with van der Waals surface area (Å²) in [6.07, 6.45) is 3.22. The molecule has 2 aromatic carbocycles. The van der Waals surface area contributed by atoms with E-state index in [1.807, 2.05) is 0 Å². The number of anilines is 2. The van der Waals surface area contributed by atoms with Crippen LogP contribution >= 0.6 is 0 Å². The summed E-state index contributed by atoms with van der Waals surface area (Å²) in [5, 5.41) is 6.14. The molecule has 1 aromatic heterocycles. The highest BCUT2D eigenvalue weighted by atomic mass is 16.5. The Morgan fingerprint density at radius 2 is 1.79 bits per heavy atom. The SMILES string of the molecule is COc1ccc(NC(=O)c2cncc(NCc3ccc(C)cc3)c2)c(OC)c1. The molecular weight excluding hydrogens is 354 g/mol. The summed E-state index contributed by atoms with van der Waals surface area (Å²) >= 11 is 0. The Morgan fingerprint density at radius 3 is 2.50 bits per heavy atom. The molecule has 0 aliphatic carbocycles. The molecule has 6 heteroatoms. The normalized spacial score (nSPS) is 10.2. The summed E-state index contributed by atoms with van der Waals surface area (Å²) in [5.41, 5.74) is 4.16. The number of rotatable bonds is 7. The Balaban J connectivity index is 1.69. The number of aromatic nitrogens is 1. The number of carbonyl (C=O) groups excluding carboxylic acids is 1. The Morgan fingerprint density at radius 1 is 1.00 bits per heavy atom. The first kappa shape index (κ1) is 19.2. The third-order valence-electron chi connectivity index (χ3n) is 4.27. The summed E-state index contributed by atoms with van der Waals surface area (Å²) in [7, 11) is 3.12. The predicted molar refractivity (Wildman–Crippen MR) is 110 cm³/mol. The van der Waals surface area contributed by atoms with E-state index in [4.69, 9.17) is 9.47 Å². The van der Waals surface area contributed by atoms with E-state index in [2.05, 4.69) is 46.8 Å². The van der Waals surface area contributed by atoms with Crippen LogP contribution in [0, 0.1) is 6.92 Å². The number of benzene rings is 2. The van der Waals surface area contributed by atoms with Crippen molar-refractivity contribution in [3.05, 3.63) is 77.6 Å². The molecule has 0 aliphatic rings. The first-order valence-electron chi connectivity index (χ1n) is 8.87. The Kier molecular flexibility index (Phi) is 6.11. The van der Waals surface area contributed by atoms with Crippen LogP contribution in [-0.4, -0.2) is 25.1 Å². The number of aryl methyl sites for hydroxylation is 1. The number of methoxy groups -OCH3 is 2. The van der Waals surface area contributed by atoms with Crippen LogP contribution in [0.5, 0.6) is 11.5 Å². The van der Waals surface area contributed by atoms with Crippen LogP contribution in [0.3, 0.4) is 0 Å². The van der Waals surface area contributed by atoms with E-state index < -0.39 is 0 Å². The standard InChI is InChI=1S/C22H23N3O3/c1-15-4-6-16(7-5-15)12-24-18-10-17(13-23-14-18)22(26)25-20-9-8-19(27-2)11-21(20)28-3/h4-11,13-14,24H,12H2,1-3H3,(H,25,26). The molecule has 0 radical (unpaired) electrons. The highest BCUT2D eigenvalue weighted by molar-refractivity contribution is 6.05. The van der Waals surface area contributed by atoms with Crippen LogP contribution in [0.15, 0.2) is 60.9 Å². The Bertz CT molecular complexity index is 955. The van der Waals surface area contributed by atoms with Gasteiger partial charge in [-0.25, -0.2) is 0 Å². The third-order valence-corrected chi connectivity index (χ3v) is 4.27. The molecule has 3 rings (SSSR count). The van der Waals surface area contributed by atoms with Gasteiger partial charge in [0.15, 0.2) is 0 Å². The highest BCUT2D eigenvalue weighted by Gasteiger charge is 2.12. The van der Waals surface area contributed by atoms with Gasteiger partial charge in [0.25, 0.3) is 5.91 Å². The van der Waals surface area contributed by atoms with Gasteiger partial charge in [-0.05, 0) is 30.7 Å². The zero-order chi connectivity index (χ0) is 19.9. The smallest absolute Gasteiger partial charge is 0.257 e. The fourth-order valence-corrected chi connectivity index (χ4v) is 2.67. The van der Waals surface area contributed by atoms with Crippen molar-refractivity contribution in [1.29, 1.82) is 0 Å². The van der Waals surface area contributed by atoms with Gasteiger partial charge < -0.3 is 20.1 Å².